The standard InChI is InChI=1S/C13H16N2Si/c1-16(2)13-9-8-12(15-13)10-14-11-6-4-3-5-7-11/h3-10,15-16H,1-2H3. The molecule has 0 aliphatic carbocycles. The van der Waals surface area contributed by atoms with E-state index < -0.39 is 8.80 Å². The maximum absolute atomic E-state index is 4.41. The smallest absolute Gasteiger partial charge is 0.0853 e. The minimum absolute atomic E-state index is 0.724. The van der Waals surface area contributed by atoms with Gasteiger partial charge in [-0.3, -0.25) is 4.99 Å². The zero-order chi connectivity index (χ0) is 11.4. The molecule has 0 saturated heterocycles. The van der Waals surface area contributed by atoms with E-state index in [1.54, 1.807) is 0 Å². The number of aromatic nitrogens is 1. The molecule has 0 aliphatic rings. The zero-order valence-corrected chi connectivity index (χ0v) is 10.8. The van der Waals surface area contributed by atoms with Gasteiger partial charge in [0.15, 0.2) is 0 Å². The second kappa shape index (κ2) is 4.94. The first-order valence-electron chi connectivity index (χ1n) is 5.54. The molecule has 0 spiro atoms. The number of aliphatic imine (C=N–C) groups is 1. The van der Waals surface area contributed by atoms with Gasteiger partial charge < -0.3 is 4.98 Å². The van der Waals surface area contributed by atoms with Gasteiger partial charge >= 0.3 is 0 Å². The lowest BCUT2D eigenvalue weighted by Gasteiger charge is -1.97. The molecule has 2 rings (SSSR count). The second-order valence-electron chi connectivity index (χ2n) is 4.12. The molecular weight excluding hydrogens is 212 g/mol. The SMILES string of the molecule is C[SiH](C)c1ccc(C=Nc2ccccc2)[nH]1. The van der Waals surface area contributed by atoms with Crippen molar-refractivity contribution in [3.8, 4) is 0 Å². The Labute approximate surface area is 97.7 Å². The lowest BCUT2D eigenvalue weighted by molar-refractivity contribution is 1.41. The summed E-state index contributed by atoms with van der Waals surface area (Å²) in [6.45, 7) is 4.62. The molecule has 1 N–H and O–H groups in total. The van der Waals surface area contributed by atoms with Crippen LogP contribution in [-0.4, -0.2) is 20.0 Å². The first-order chi connectivity index (χ1) is 7.75. The van der Waals surface area contributed by atoms with Crippen molar-refractivity contribution in [3.63, 3.8) is 0 Å². The number of hydrogen-bond acceptors (Lipinski definition) is 1. The molecule has 0 fully saturated rings. The number of nitrogens with zero attached hydrogens (tertiary/aromatic N) is 1. The molecule has 0 unspecified atom stereocenters. The topological polar surface area (TPSA) is 28.1 Å². The van der Waals surface area contributed by atoms with Gasteiger partial charge in [0.2, 0.25) is 0 Å². The molecule has 1 heterocycles. The van der Waals surface area contributed by atoms with Crippen LogP contribution in [-0.2, 0) is 0 Å². The maximum Gasteiger partial charge on any atom is 0.0853 e. The molecule has 0 aliphatic heterocycles. The van der Waals surface area contributed by atoms with E-state index in [9.17, 15) is 0 Å². The van der Waals surface area contributed by atoms with Gasteiger partial charge in [-0.25, -0.2) is 0 Å². The highest BCUT2D eigenvalue weighted by molar-refractivity contribution is 6.69. The molecule has 3 heteroatoms. The van der Waals surface area contributed by atoms with Gasteiger partial charge in [0.05, 0.1) is 26.4 Å². The minimum Gasteiger partial charge on any atom is -0.362 e. The largest absolute Gasteiger partial charge is 0.362 e. The zero-order valence-electron chi connectivity index (χ0n) is 9.64. The van der Waals surface area contributed by atoms with E-state index in [-0.39, 0.29) is 0 Å². The third-order valence-corrected chi connectivity index (χ3v) is 4.04. The van der Waals surface area contributed by atoms with Crippen molar-refractivity contribution in [1.29, 1.82) is 0 Å². The fourth-order valence-electron chi connectivity index (χ4n) is 1.50. The Hall–Kier alpha value is -1.61. The fourth-order valence-corrected chi connectivity index (χ4v) is 2.44. The van der Waals surface area contributed by atoms with Crippen molar-refractivity contribution >= 4 is 26.0 Å². The van der Waals surface area contributed by atoms with Crippen LogP contribution in [0.4, 0.5) is 5.69 Å². The Bertz CT molecular complexity index is 472. The summed E-state index contributed by atoms with van der Waals surface area (Å²) in [5, 5.41) is 1.38. The van der Waals surface area contributed by atoms with E-state index in [1.807, 2.05) is 36.5 Å². The lowest BCUT2D eigenvalue weighted by atomic mass is 10.3. The molecule has 2 aromatic rings. The van der Waals surface area contributed by atoms with Crippen LogP contribution in [0.25, 0.3) is 0 Å². The van der Waals surface area contributed by atoms with E-state index in [2.05, 4.69) is 35.2 Å². The monoisotopic (exact) mass is 228 g/mol. The van der Waals surface area contributed by atoms with E-state index in [0.717, 1.165) is 11.4 Å². The van der Waals surface area contributed by atoms with Gasteiger partial charge in [0.1, 0.15) is 0 Å². The summed E-state index contributed by atoms with van der Waals surface area (Å²) in [6.07, 6.45) is 1.88. The first kappa shape index (κ1) is 10.9. The molecule has 1 aromatic carbocycles. The van der Waals surface area contributed by atoms with Crippen LogP contribution in [0, 0.1) is 0 Å². The molecule has 1 aromatic heterocycles. The van der Waals surface area contributed by atoms with Crippen molar-refractivity contribution in [2.45, 2.75) is 13.1 Å². The van der Waals surface area contributed by atoms with Crippen LogP contribution in [0.2, 0.25) is 13.1 Å². The highest BCUT2D eigenvalue weighted by Crippen LogP contribution is 2.09. The molecule has 0 saturated carbocycles. The quantitative estimate of drug-likeness (QED) is 0.617. The molecule has 16 heavy (non-hydrogen) atoms. The lowest BCUT2D eigenvalue weighted by Crippen LogP contribution is -2.23. The van der Waals surface area contributed by atoms with Crippen LogP contribution in [0.1, 0.15) is 5.69 Å². The number of aromatic amines is 1. The fraction of sp³-hybridized carbons (Fsp3) is 0.154. The van der Waals surface area contributed by atoms with Gasteiger partial charge in [-0.15, -0.1) is 0 Å². The van der Waals surface area contributed by atoms with Crippen LogP contribution in [0.15, 0.2) is 47.5 Å². The van der Waals surface area contributed by atoms with E-state index in [1.165, 1.54) is 5.32 Å². The van der Waals surface area contributed by atoms with E-state index in [0.29, 0.717) is 0 Å². The van der Waals surface area contributed by atoms with Crippen molar-refractivity contribution in [2.24, 2.45) is 4.99 Å². The summed E-state index contributed by atoms with van der Waals surface area (Å²) < 4.78 is 0. The minimum atomic E-state index is -0.724. The average molecular weight is 228 g/mol. The third kappa shape index (κ3) is 2.70. The molecule has 0 atom stereocenters. The summed E-state index contributed by atoms with van der Waals surface area (Å²) in [7, 11) is -0.724. The molecular formula is C13H16N2Si. The van der Waals surface area contributed by atoms with E-state index in [4.69, 9.17) is 0 Å². The highest BCUT2D eigenvalue weighted by Gasteiger charge is 2.01. The van der Waals surface area contributed by atoms with Gasteiger partial charge in [-0.2, -0.15) is 0 Å². The molecule has 0 radical (unpaired) electrons. The molecule has 0 amide bonds. The average Bonchev–Trinajstić information content (AvgIpc) is 2.76. The summed E-state index contributed by atoms with van der Waals surface area (Å²) in [5.41, 5.74) is 2.07. The predicted molar refractivity (Wildman–Crippen MR) is 73.0 cm³/mol. The molecule has 2 nitrogen and oxygen atoms in total. The summed E-state index contributed by atoms with van der Waals surface area (Å²) in [4.78, 5) is 7.80. The van der Waals surface area contributed by atoms with Crippen LogP contribution in [0.3, 0.4) is 0 Å². The predicted octanol–water partition coefficient (Wildman–Crippen LogP) is 2.46. The van der Waals surface area contributed by atoms with Crippen molar-refractivity contribution in [3.05, 3.63) is 48.2 Å². The van der Waals surface area contributed by atoms with E-state index >= 15 is 0 Å². The van der Waals surface area contributed by atoms with Gasteiger partial charge in [0, 0.05) is 0 Å². The summed E-state index contributed by atoms with van der Waals surface area (Å²) >= 11 is 0. The first-order valence-corrected chi connectivity index (χ1v) is 8.42. The van der Waals surface area contributed by atoms with Gasteiger partial charge in [-0.05, 0) is 29.6 Å². The van der Waals surface area contributed by atoms with Crippen LogP contribution >= 0.6 is 0 Å². The Kier molecular flexibility index (Phi) is 3.36. The number of H-pyrrole nitrogens is 1. The Morgan fingerprint density at radius 2 is 1.81 bits per heavy atom. The highest BCUT2D eigenvalue weighted by atomic mass is 28.3. The number of benzene rings is 1. The second-order valence-corrected chi connectivity index (χ2v) is 7.05. The summed E-state index contributed by atoms with van der Waals surface area (Å²) in [6, 6.07) is 14.2. The number of nitrogens with one attached hydrogen (secondary N) is 1. The van der Waals surface area contributed by atoms with Crippen molar-refractivity contribution in [2.75, 3.05) is 0 Å². The van der Waals surface area contributed by atoms with Crippen LogP contribution in [0.5, 0.6) is 0 Å². The normalized spacial score (nSPS) is 11.4. The Morgan fingerprint density at radius 3 is 2.44 bits per heavy atom. The summed E-state index contributed by atoms with van der Waals surface area (Å²) in [5.74, 6) is 0. The van der Waals surface area contributed by atoms with Crippen LogP contribution < -0.4 is 5.32 Å². The molecule has 0 bridgehead atoms. The third-order valence-electron chi connectivity index (χ3n) is 2.46. The number of hydrogen-bond donors (Lipinski definition) is 1. The number of para-hydroxylation sites is 1. The van der Waals surface area contributed by atoms with Gasteiger partial charge in [-0.1, -0.05) is 31.3 Å². The number of rotatable bonds is 3. The molecule has 82 valence electrons. The van der Waals surface area contributed by atoms with Crippen molar-refractivity contribution in [1.82, 2.24) is 4.98 Å². The van der Waals surface area contributed by atoms with Gasteiger partial charge in [0.25, 0.3) is 0 Å². The maximum atomic E-state index is 4.41. The Balaban J connectivity index is 2.12. The Morgan fingerprint density at radius 1 is 1.06 bits per heavy atom. The van der Waals surface area contributed by atoms with Crippen molar-refractivity contribution < 1.29 is 0 Å².